The molecule has 3 atom stereocenters. The summed E-state index contributed by atoms with van der Waals surface area (Å²) in [5.74, 6) is -1.89. The third-order valence-corrected chi connectivity index (χ3v) is 8.18. The summed E-state index contributed by atoms with van der Waals surface area (Å²) in [7, 11) is 0. The van der Waals surface area contributed by atoms with Crippen LogP contribution in [0.25, 0.3) is 10.8 Å². The fourth-order valence-electron chi connectivity index (χ4n) is 5.77. The Balaban J connectivity index is 1.48. The summed E-state index contributed by atoms with van der Waals surface area (Å²) < 4.78 is 0. The van der Waals surface area contributed by atoms with Crippen LogP contribution in [0.15, 0.2) is 97.1 Å². The number of nitrogens with zero attached hydrogens (tertiary/aromatic N) is 2. The minimum absolute atomic E-state index is 0.218. The standard InChI is InChI=1S/C34H33ClN4O4/c1-22-17-18-38(29(32(36)41)20-25-13-7-12-23-9-5-6-16-28(23)25)34(43)31(26-14-8-15-27(35)19-26)39(22)30(40)21-37-33(42)24-10-3-2-4-11-24/h2-16,19,22,29,31H,17-18,20-21H2,1H3,(H2,36,41)(H,37,42)/t22-,29-,31+/m1/s1. The van der Waals surface area contributed by atoms with Gasteiger partial charge in [-0.3, -0.25) is 19.2 Å². The van der Waals surface area contributed by atoms with Crippen molar-refractivity contribution in [2.24, 2.45) is 5.73 Å². The molecule has 1 aliphatic heterocycles. The molecule has 5 rings (SSSR count). The maximum absolute atomic E-state index is 14.5. The number of rotatable bonds is 8. The van der Waals surface area contributed by atoms with E-state index in [2.05, 4.69) is 5.32 Å². The van der Waals surface area contributed by atoms with E-state index in [1.54, 1.807) is 54.6 Å². The van der Waals surface area contributed by atoms with Crippen LogP contribution in [-0.2, 0) is 20.8 Å². The summed E-state index contributed by atoms with van der Waals surface area (Å²) in [4.78, 5) is 56.9. The molecule has 0 unspecified atom stereocenters. The summed E-state index contributed by atoms with van der Waals surface area (Å²) in [5.41, 5.74) is 7.78. The highest BCUT2D eigenvalue weighted by molar-refractivity contribution is 6.30. The van der Waals surface area contributed by atoms with Crippen molar-refractivity contribution in [1.82, 2.24) is 15.1 Å². The monoisotopic (exact) mass is 596 g/mol. The van der Waals surface area contributed by atoms with E-state index >= 15 is 0 Å². The summed E-state index contributed by atoms with van der Waals surface area (Å²) >= 11 is 6.34. The van der Waals surface area contributed by atoms with Gasteiger partial charge in [0.15, 0.2) is 0 Å². The topological polar surface area (TPSA) is 113 Å². The van der Waals surface area contributed by atoms with Crippen LogP contribution in [0.4, 0.5) is 0 Å². The van der Waals surface area contributed by atoms with Crippen molar-refractivity contribution in [2.45, 2.75) is 37.9 Å². The SMILES string of the molecule is C[C@@H]1CCN([C@H](Cc2cccc3ccccc23)C(N)=O)C(=O)[C@H](c2cccc(Cl)c2)N1C(=O)CNC(=O)c1ccccc1. The molecule has 8 nitrogen and oxygen atoms in total. The zero-order chi connectivity index (χ0) is 30.5. The summed E-state index contributed by atoms with van der Waals surface area (Å²) in [6.45, 7) is 1.77. The highest BCUT2D eigenvalue weighted by Crippen LogP contribution is 2.33. The molecule has 0 saturated carbocycles. The summed E-state index contributed by atoms with van der Waals surface area (Å²) in [5, 5.41) is 5.08. The molecule has 0 spiro atoms. The largest absolute Gasteiger partial charge is 0.368 e. The predicted molar refractivity (Wildman–Crippen MR) is 166 cm³/mol. The van der Waals surface area contributed by atoms with Gasteiger partial charge in [0, 0.05) is 29.6 Å². The van der Waals surface area contributed by atoms with Crippen molar-refractivity contribution in [3.63, 3.8) is 0 Å². The van der Waals surface area contributed by atoms with E-state index in [0.717, 1.165) is 16.3 Å². The smallest absolute Gasteiger partial charge is 0.251 e. The molecule has 9 heteroatoms. The Bertz CT molecular complexity index is 1660. The van der Waals surface area contributed by atoms with Crippen LogP contribution in [0.5, 0.6) is 0 Å². The Morgan fingerprint density at radius 3 is 2.40 bits per heavy atom. The number of amides is 4. The van der Waals surface area contributed by atoms with Gasteiger partial charge in [-0.25, -0.2) is 0 Å². The zero-order valence-corrected chi connectivity index (χ0v) is 24.5. The lowest BCUT2D eigenvalue weighted by Gasteiger charge is -2.36. The first-order chi connectivity index (χ1) is 20.7. The Morgan fingerprint density at radius 2 is 1.65 bits per heavy atom. The van der Waals surface area contributed by atoms with Crippen LogP contribution in [0, 0.1) is 0 Å². The second-order valence-electron chi connectivity index (χ2n) is 10.7. The van der Waals surface area contributed by atoms with E-state index in [0.29, 0.717) is 22.6 Å². The molecule has 4 aromatic rings. The van der Waals surface area contributed by atoms with E-state index in [4.69, 9.17) is 17.3 Å². The second-order valence-corrected chi connectivity index (χ2v) is 11.2. The van der Waals surface area contributed by atoms with E-state index in [1.807, 2.05) is 49.4 Å². The minimum Gasteiger partial charge on any atom is -0.368 e. The number of nitrogens with one attached hydrogen (secondary N) is 1. The summed E-state index contributed by atoms with van der Waals surface area (Å²) in [6.07, 6.45) is 0.626. The fraction of sp³-hybridized carbons (Fsp3) is 0.235. The van der Waals surface area contributed by atoms with Gasteiger partial charge in [0.1, 0.15) is 12.1 Å². The number of fused-ring (bicyclic) bond motifs is 1. The van der Waals surface area contributed by atoms with E-state index in [1.165, 1.54) is 9.80 Å². The lowest BCUT2D eigenvalue weighted by atomic mass is 9.96. The molecule has 0 aliphatic carbocycles. The Labute approximate surface area is 255 Å². The van der Waals surface area contributed by atoms with Gasteiger partial charge in [0.25, 0.3) is 11.8 Å². The number of primary amides is 1. The lowest BCUT2D eigenvalue weighted by Crippen LogP contribution is -2.53. The van der Waals surface area contributed by atoms with Gasteiger partial charge in [-0.1, -0.05) is 84.4 Å². The molecule has 0 aromatic heterocycles. The van der Waals surface area contributed by atoms with Gasteiger partial charge in [-0.15, -0.1) is 0 Å². The fourth-order valence-corrected chi connectivity index (χ4v) is 5.97. The van der Waals surface area contributed by atoms with Crippen LogP contribution >= 0.6 is 11.6 Å². The molecule has 4 aromatic carbocycles. The molecule has 43 heavy (non-hydrogen) atoms. The van der Waals surface area contributed by atoms with Gasteiger partial charge in [0.05, 0.1) is 6.54 Å². The van der Waals surface area contributed by atoms with Crippen LogP contribution in [-0.4, -0.2) is 58.6 Å². The normalized spacial score (nSPS) is 17.8. The molecule has 1 saturated heterocycles. The molecule has 1 aliphatic rings. The molecule has 1 fully saturated rings. The molecule has 3 N–H and O–H groups in total. The molecule has 220 valence electrons. The van der Waals surface area contributed by atoms with Crippen molar-refractivity contribution in [1.29, 1.82) is 0 Å². The molecular weight excluding hydrogens is 564 g/mol. The third kappa shape index (κ3) is 6.54. The first-order valence-electron chi connectivity index (χ1n) is 14.2. The van der Waals surface area contributed by atoms with Gasteiger partial charge in [-0.05, 0) is 59.5 Å². The second kappa shape index (κ2) is 13.1. The molecule has 0 radical (unpaired) electrons. The maximum atomic E-state index is 14.5. The zero-order valence-electron chi connectivity index (χ0n) is 23.8. The lowest BCUT2D eigenvalue weighted by molar-refractivity contribution is -0.148. The van der Waals surface area contributed by atoms with Gasteiger partial charge < -0.3 is 20.9 Å². The van der Waals surface area contributed by atoms with Crippen LogP contribution in [0.3, 0.4) is 0 Å². The number of carbonyl (C=O) groups excluding carboxylic acids is 4. The van der Waals surface area contributed by atoms with Crippen molar-refractivity contribution < 1.29 is 19.2 Å². The van der Waals surface area contributed by atoms with Crippen LogP contribution < -0.4 is 11.1 Å². The first kappa shape index (κ1) is 29.8. The first-order valence-corrected chi connectivity index (χ1v) is 14.6. The average Bonchev–Trinajstić information content (AvgIpc) is 3.14. The molecule has 1 heterocycles. The number of hydrogen-bond acceptors (Lipinski definition) is 4. The van der Waals surface area contributed by atoms with E-state index in [9.17, 15) is 19.2 Å². The van der Waals surface area contributed by atoms with Gasteiger partial charge >= 0.3 is 0 Å². The van der Waals surface area contributed by atoms with Gasteiger partial charge in [-0.2, -0.15) is 0 Å². The van der Waals surface area contributed by atoms with Crippen molar-refractivity contribution in [2.75, 3.05) is 13.1 Å². The highest BCUT2D eigenvalue weighted by Gasteiger charge is 2.43. The van der Waals surface area contributed by atoms with E-state index < -0.39 is 41.8 Å². The maximum Gasteiger partial charge on any atom is 0.251 e. The number of nitrogens with two attached hydrogens (primary N) is 1. The third-order valence-electron chi connectivity index (χ3n) is 7.94. The van der Waals surface area contributed by atoms with Gasteiger partial charge in [0.2, 0.25) is 11.8 Å². The minimum atomic E-state index is -1.08. The summed E-state index contributed by atoms with van der Waals surface area (Å²) in [6, 6.07) is 26.6. The van der Waals surface area contributed by atoms with Crippen molar-refractivity contribution in [3.05, 3.63) is 119 Å². The molecular formula is C34H33ClN4O4. The quantitative estimate of drug-likeness (QED) is 0.312. The predicted octanol–water partition coefficient (Wildman–Crippen LogP) is 4.51. The van der Waals surface area contributed by atoms with E-state index in [-0.39, 0.29) is 19.5 Å². The molecule has 4 amide bonds. The Hall–Kier alpha value is -4.69. The number of benzene rings is 4. The Kier molecular flexibility index (Phi) is 9.07. The van der Waals surface area contributed by atoms with Crippen LogP contribution in [0.1, 0.15) is 40.9 Å². The number of halogens is 1. The highest BCUT2D eigenvalue weighted by atomic mass is 35.5. The Morgan fingerprint density at radius 1 is 0.953 bits per heavy atom. The van der Waals surface area contributed by atoms with Crippen LogP contribution in [0.2, 0.25) is 5.02 Å². The number of hydrogen-bond donors (Lipinski definition) is 2. The van der Waals surface area contributed by atoms with Crippen molar-refractivity contribution >= 4 is 46.0 Å². The average molecular weight is 597 g/mol. The van der Waals surface area contributed by atoms with Crippen molar-refractivity contribution in [3.8, 4) is 0 Å². The number of carbonyl (C=O) groups is 4. The molecule has 0 bridgehead atoms.